The summed E-state index contributed by atoms with van der Waals surface area (Å²) in [7, 11) is 0. The van der Waals surface area contributed by atoms with Crippen LogP contribution in [-0.4, -0.2) is 15.5 Å². The van der Waals surface area contributed by atoms with Gasteiger partial charge in [-0.25, -0.2) is 8.78 Å². The van der Waals surface area contributed by atoms with Gasteiger partial charge < -0.3 is 10.5 Å². The van der Waals surface area contributed by atoms with Crippen molar-refractivity contribution in [3.05, 3.63) is 85.4 Å². The summed E-state index contributed by atoms with van der Waals surface area (Å²) in [6, 6.07) is 7.95. The zero-order chi connectivity index (χ0) is 21.3. The lowest BCUT2D eigenvalue weighted by Crippen LogP contribution is -2.20. The third kappa shape index (κ3) is 4.19. The van der Waals surface area contributed by atoms with Crippen LogP contribution in [-0.2, 0) is 6.61 Å². The predicted octanol–water partition coefficient (Wildman–Crippen LogP) is 3.57. The Morgan fingerprint density at radius 1 is 1.21 bits per heavy atom. The van der Waals surface area contributed by atoms with Gasteiger partial charge in [0.15, 0.2) is 0 Å². The van der Waals surface area contributed by atoms with Crippen molar-refractivity contribution in [1.82, 2.24) is 9.55 Å². The van der Waals surface area contributed by atoms with Crippen LogP contribution in [0.1, 0.15) is 27.3 Å². The lowest BCUT2D eigenvalue weighted by Gasteiger charge is -2.20. The summed E-state index contributed by atoms with van der Waals surface area (Å²) >= 11 is 3.17. The molecule has 2 N–H and O–H groups in total. The first-order chi connectivity index (χ1) is 13.7. The minimum Gasteiger partial charge on any atom is -0.473 e. The van der Waals surface area contributed by atoms with Gasteiger partial charge in [-0.05, 0) is 59.6 Å². The van der Waals surface area contributed by atoms with E-state index in [9.17, 15) is 18.4 Å². The summed E-state index contributed by atoms with van der Waals surface area (Å²) in [6.45, 7) is 3.13. The Balaban J connectivity index is 2.14. The zero-order valence-corrected chi connectivity index (χ0v) is 17.1. The number of carbonyl (C=O) groups excluding carboxylic acids is 1. The van der Waals surface area contributed by atoms with Crippen molar-refractivity contribution >= 4 is 21.8 Å². The van der Waals surface area contributed by atoms with Crippen molar-refractivity contribution < 1.29 is 18.3 Å². The number of aryl methyl sites for hydroxylation is 2. The molecule has 9 heteroatoms. The van der Waals surface area contributed by atoms with Crippen LogP contribution in [0.15, 0.2) is 45.7 Å². The van der Waals surface area contributed by atoms with E-state index in [1.807, 2.05) is 0 Å². The van der Waals surface area contributed by atoms with E-state index < -0.39 is 23.1 Å². The number of carbonyl (C=O) groups is 1. The summed E-state index contributed by atoms with van der Waals surface area (Å²) in [6.07, 6.45) is 0. The van der Waals surface area contributed by atoms with Crippen molar-refractivity contribution in [2.24, 2.45) is 5.73 Å². The van der Waals surface area contributed by atoms with Gasteiger partial charge in [0.05, 0.1) is 5.69 Å². The number of hydrogen-bond acceptors (Lipinski definition) is 4. The maximum atomic E-state index is 14.0. The molecule has 0 fully saturated rings. The van der Waals surface area contributed by atoms with Crippen LogP contribution in [0.25, 0.3) is 5.69 Å². The number of nitrogens with two attached hydrogens (primary N) is 1. The fourth-order valence-corrected chi connectivity index (χ4v) is 3.16. The molecular weight excluding hydrogens is 448 g/mol. The van der Waals surface area contributed by atoms with Crippen molar-refractivity contribution in [1.29, 1.82) is 0 Å². The normalized spacial score (nSPS) is 10.8. The lowest BCUT2D eigenvalue weighted by molar-refractivity contribution is 0.1000. The molecule has 3 rings (SSSR count). The first-order valence-corrected chi connectivity index (χ1v) is 9.25. The van der Waals surface area contributed by atoms with Gasteiger partial charge in [0, 0.05) is 17.2 Å². The van der Waals surface area contributed by atoms with Crippen molar-refractivity contribution in [2.45, 2.75) is 20.5 Å². The van der Waals surface area contributed by atoms with Gasteiger partial charge >= 0.3 is 0 Å². The molecule has 150 valence electrons. The molecule has 0 bridgehead atoms. The molecule has 0 spiro atoms. The second kappa shape index (κ2) is 8.12. The average Bonchev–Trinajstić information content (AvgIpc) is 2.65. The predicted molar refractivity (Wildman–Crippen MR) is 106 cm³/mol. The number of ether oxygens (including phenoxy) is 1. The number of primary amides is 1. The van der Waals surface area contributed by atoms with Crippen molar-refractivity contribution in [3.63, 3.8) is 0 Å². The smallest absolute Gasteiger partial charge is 0.291 e. The van der Waals surface area contributed by atoms with Gasteiger partial charge in [-0.3, -0.25) is 14.2 Å². The molecule has 1 aromatic heterocycles. The van der Waals surface area contributed by atoms with Crippen LogP contribution in [0, 0.1) is 25.5 Å². The molecule has 1 heterocycles. The number of aromatic nitrogens is 2. The zero-order valence-electron chi connectivity index (χ0n) is 15.5. The van der Waals surface area contributed by atoms with Crippen LogP contribution in [0.4, 0.5) is 8.78 Å². The van der Waals surface area contributed by atoms with Crippen LogP contribution in [0.3, 0.4) is 0 Å². The first-order valence-electron chi connectivity index (χ1n) is 8.45. The summed E-state index contributed by atoms with van der Waals surface area (Å²) in [5.41, 5.74) is 6.44. The molecule has 2 aromatic carbocycles. The second-order valence-corrected chi connectivity index (χ2v) is 7.10. The van der Waals surface area contributed by atoms with Gasteiger partial charge in [0.25, 0.3) is 5.56 Å². The van der Waals surface area contributed by atoms with E-state index in [4.69, 9.17) is 10.5 Å². The number of halogens is 3. The van der Waals surface area contributed by atoms with Crippen LogP contribution in [0.2, 0.25) is 0 Å². The minimum absolute atomic E-state index is 0.0227. The molecule has 0 atom stereocenters. The largest absolute Gasteiger partial charge is 0.473 e. The summed E-state index contributed by atoms with van der Waals surface area (Å²) in [5, 5.41) is 0. The third-order valence-corrected chi connectivity index (χ3v) is 4.96. The van der Waals surface area contributed by atoms with Crippen LogP contribution >= 0.6 is 15.9 Å². The highest BCUT2D eigenvalue weighted by Gasteiger charge is 2.19. The number of nitrogens with zero attached hydrogens (tertiary/aromatic N) is 2. The molecule has 0 radical (unpaired) electrons. The highest BCUT2D eigenvalue weighted by molar-refractivity contribution is 9.10. The average molecular weight is 464 g/mol. The number of rotatable bonds is 5. The molecule has 0 unspecified atom stereocenters. The Labute approximate surface area is 173 Å². The molecule has 1 amide bonds. The van der Waals surface area contributed by atoms with Gasteiger partial charge in [0.1, 0.15) is 28.5 Å². The van der Waals surface area contributed by atoms with Crippen molar-refractivity contribution in [2.75, 3.05) is 0 Å². The van der Waals surface area contributed by atoms with E-state index in [0.29, 0.717) is 5.69 Å². The maximum Gasteiger partial charge on any atom is 0.291 e. The Kier molecular flexibility index (Phi) is 5.78. The fourth-order valence-electron chi connectivity index (χ4n) is 2.78. The minimum atomic E-state index is -0.771. The topological polar surface area (TPSA) is 87.2 Å². The molecule has 0 aliphatic rings. The van der Waals surface area contributed by atoms with E-state index in [-0.39, 0.29) is 33.9 Å². The lowest BCUT2D eigenvalue weighted by atomic mass is 10.1. The van der Waals surface area contributed by atoms with Gasteiger partial charge in [0.2, 0.25) is 11.8 Å². The molecule has 29 heavy (non-hydrogen) atoms. The molecule has 0 saturated carbocycles. The standard InChI is InChI=1S/C20H16BrF2N3O3/c1-10-3-4-12(18(24)27)7-16(10)26-11(2)25-19(28)17(21)20(26)29-9-13-5-6-14(22)8-15(13)23/h3-8H,9H2,1-2H3,(H2,24,27). The summed E-state index contributed by atoms with van der Waals surface area (Å²) in [5.74, 6) is -1.74. The SMILES string of the molecule is Cc1ccc(C(N)=O)cc1-n1c(C)nc(=O)c(Br)c1OCc1ccc(F)cc1F. The van der Waals surface area contributed by atoms with E-state index in [1.54, 1.807) is 32.0 Å². The number of benzene rings is 2. The fraction of sp³-hybridized carbons (Fsp3) is 0.150. The Hall–Kier alpha value is -3.07. The quantitative estimate of drug-likeness (QED) is 0.626. The first kappa shape index (κ1) is 20.7. The second-order valence-electron chi connectivity index (χ2n) is 6.31. The van der Waals surface area contributed by atoms with Crippen molar-refractivity contribution in [3.8, 4) is 11.6 Å². The van der Waals surface area contributed by atoms with Crippen LogP contribution < -0.4 is 16.0 Å². The molecule has 0 saturated heterocycles. The number of hydrogen-bond donors (Lipinski definition) is 1. The summed E-state index contributed by atoms with van der Waals surface area (Å²) < 4.78 is 34.4. The highest BCUT2D eigenvalue weighted by Crippen LogP contribution is 2.29. The highest BCUT2D eigenvalue weighted by atomic mass is 79.9. The van der Waals surface area contributed by atoms with E-state index in [2.05, 4.69) is 20.9 Å². The molecule has 3 aromatic rings. The molecular formula is C20H16BrF2N3O3. The Bertz CT molecular complexity index is 1180. The van der Waals surface area contributed by atoms with Gasteiger partial charge in [-0.2, -0.15) is 4.98 Å². The monoisotopic (exact) mass is 463 g/mol. The van der Waals surface area contributed by atoms with Crippen LogP contribution in [0.5, 0.6) is 5.88 Å². The summed E-state index contributed by atoms with van der Waals surface area (Å²) in [4.78, 5) is 27.7. The molecule has 6 nitrogen and oxygen atoms in total. The van der Waals surface area contributed by atoms with Gasteiger partial charge in [-0.1, -0.05) is 6.07 Å². The third-order valence-electron chi connectivity index (χ3n) is 4.28. The maximum absolute atomic E-state index is 14.0. The van der Waals surface area contributed by atoms with Gasteiger partial charge in [-0.15, -0.1) is 0 Å². The van der Waals surface area contributed by atoms with E-state index >= 15 is 0 Å². The van der Waals surface area contributed by atoms with E-state index in [1.165, 1.54) is 10.6 Å². The Morgan fingerprint density at radius 2 is 1.93 bits per heavy atom. The Morgan fingerprint density at radius 3 is 2.59 bits per heavy atom. The van der Waals surface area contributed by atoms with E-state index in [0.717, 1.165) is 17.7 Å². The number of amides is 1. The molecule has 0 aliphatic heterocycles. The molecule has 0 aliphatic carbocycles.